The van der Waals surface area contributed by atoms with Crippen LogP contribution in [-0.4, -0.2) is 23.9 Å². The minimum atomic E-state index is 0.167. The molecule has 0 aromatic heterocycles. The van der Waals surface area contributed by atoms with Crippen molar-refractivity contribution in [3.63, 3.8) is 0 Å². The van der Waals surface area contributed by atoms with Crippen LogP contribution in [0.15, 0.2) is 0 Å². The second-order valence-corrected chi connectivity index (χ2v) is 5.30. The van der Waals surface area contributed by atoms with Crippen LogP contribution in [0.1, 0.15) is 58.3 Å². The largest absolute Gasteiger partial charge is 0.394 e. The SMILES string of the molecule is CCCCC1(C2OC2CO)CCCCC1. The van der Waals surface area contributed by atoms with Crippen molar-refractivity contribution < 1.29 is 9.84 Å². The Morgan fingerprint density at radius 1 is 1.27 bits per heavy atom. The summed E-state index contributed by atoms with van der Waals surface area (Å²) in [7, 11) is 0. The molecule has 88 valence electrons. The van der Waals surface area contributed by atoms with Crippen LogP contribution in [0.4, 0.5) is 0 Å². The lowest BCUT2D eigenvalue weighted by atomic mass is 9.68. The summed E-state index contributed by atoms with van der Waals surface area (Å²) in [6, 6.07) is 0. The fourth-order valence-electron chi connectivity index (χ4n) is 3.28. The van der Waals surface area contributed by atoms with Crippen LogP contribution in [0.25, 0.3) is 0 Å². The van der Waals surface area contributed by atoms with Gasteiger partial charge in [0.1, 0.15) is 6.10 Å². The molecular formula is C13H24O2. The average Bonchev–Trinajstić information content (AvgIpc) is 3.07. The molecule has 1 heterocycles. The lowest BCUT2D eigenvalue weighted by Crippen LogP contribution is -2.32. The fourth-order valence-corrected chi connectivity index (χ4v) is 3.28. The summed E-state index contributed by atoms with van der Waals surface area (Å²) in [5.41, 5.74) is 0.432. The summed E-state index contributed by atoms with van der Waals surface area (Å²) < 4.78 is 5.66. The number of hydrogen-bond acceptors (Lipinski definition) is 2. The summed E-state index contributed by atoms with van der Waals surface area (Å²) in [6.07, 6.45) is 11.2. The molecule has 2 rings (SSSR count). The highest BCUT2D eigenvalue weighted by molar-refractivity contribution is 5.01. The lowest BCUT2D eigenvalue weighted by Gasteiger charge is -2.36. The van der Waals surface area contributed by atoms with E-state index in [2.05, 4.69) is 6.92 Å². The zero-order valence-corrected chi connectivity index (χ0v) is 9.87. The van der Waals surface area contributed by atoms with Gasteiger partial charge in [-0.05, 0) is 24.7 Å². The first-order chi connectivity index (χ1) is 7.32. The van der Waals surface area contributed by atoms with Crippen molar-refractivity contribution in [2.24, 2.45) is 5.41 Å². The molecule has 1 aliphatic carbocycles. The number of ether oxygens (including phenoxy) is 1. The highest BCUT2D eigenvalue weighted by Crippen LogP contribution is 2.51. The maximum Gasteiger partial charge on any atom is 0.108 e. The van der Waals surface area contributed by atoms with E-state index in [1.54, 1.807) is 0 Å². The van der Waals surface area contributed by atoms with Crippen molar-refractivity contribution in [2.45, 2.75) is 70.5 Å². The van der Waals surface area contributed by atoms with E-state index in [-0.39, 0.29) is 12.7 Å². The van der Waals surface area contributed by atoms with Gasteiger partial charge in [0.15, 0.2) is 0 Å². The molecule has 2 heteroatoms. The van der Waals surface area contributed by atoms with Gasteiger partial charge in [-0.1, -0.05) is 39.0 Å². The summed E-state index contributed by atoms with van der Waals surface area (Å²) in [4.78, 5) is 0. The Kier molecular flexibility index (Phi) is 3.68. The zero-order chi connectivity index (χ0) is 10.7. The monoisotopic (exact) mass is 212 g/mol. The van der Waals surface area contributed by atoms with E-state index in [9.17, 15) is 0 Å². The molecule has 2 aliphatic rings. The van der Waals surface area contributed by atoms with Gasteiger partial charge >= 0.3 is 0 Å². The molecule has 2 fully saturated rings. The van der Waals surface area contributed by atoms with Crippen molar-refractivity contribution in [1.29, 1.82) is 0 Å². The fraction of sp³-hybridized carbons (Fsp3) is 1.00. The van der Waals surface area contributed by atoms with Gasteiger partial charge in [0.05, 0.1) is 12.7 Å². The predicted octanol–water partition coefficient (Wildman–Crippen LogP) is 2.89. The summed E-state index contributed by atoms with van der Waals surface area (Å²) in [5.74, 6) is 0. The summed E-state index contributed by atoms with van der Waals surface area (Å²) in [6.45, 7) is 2.48. The average molecular weight is 212 g/mol. The van der Waals surface area contributed by atoms with Crippen LogP contribution >= 0.6 is 0 Å². The van der Waals surface area contributed by atoms with E-state index in [1.807, 2.05) is 0 Å². The first kappa shape index (κ1) is 11.4. The third kappa shape index (κ3) is 2.36. The summed E-state index contributed by atoms with van der Waals surface area (Å²) in [5, 5.41) is 9.12. The van der Waals surface area contributed by atoms with E-state index in [1.165, 1.54) is 51.4 Å². The minimum absolute atomic E-state index is 0.167. The molecule has 0 amide bonds. The van der Waals surface area contributed by atoms with E-state index in [0.29, 0.717) is 11.5 Å². The molecule has 0 spiro atoms. The van der Waals surface area contributed by atoms with Gasteiger partial charge in [-0.2, -0.15) is 0 Å². The van der Waals surface area contributed by atoms with E-state index < -0.39 is 0 Å². The first-order valence-electron chi connectivity index (χ1n) is 6.59. The predicted molar refractivity (Wildman–Crippen MR) is 60.8 cm³/mol. The van der Waals surface area contributed by atoms with Gasteiger partial charge in [0.2, 0.25) is 0 Å². The van der Waals surface area contributed by atoms with Gasteiger partial charge in [-0.15, -0.1) is 0 Å². The van der Waals surface area contributed by atoms with Crippen molar-refractivity contribution in [3.8, 4) is 0 Å². The highest BCUT2D eigenvalue weighted by atomic mass is 16.6. The molecule has 1 saturated heterocycles. The maximum atomic E-state index is 9.12. The quantitative estimate of drug-likeness (QED) is 0.711. The Labute approximate surface area is 93.0 Å². The summed E-state index contributed by atoms with van der Waals surface area (Å²) >= 11 is 0. The molecule has 1 N–H and O–H groups in total. The topological polar surface area (TPSA) is 32.8 Å². The van der Waals surface area contributed by atoms with Crippen LogP contribution < -0.4 is 0 Å². The Bertz CT molecular complexity index is 197. The smallest absolute Gasteiger partial charge is 0.108 e. The Balaban J connectivity index is 1.95. The number of epoxide rings is 1. The van der Waals surface area contributed by atoms with Crippen molar-refractivity contribution in [3.05, 3.63) is 0 Å². The Morgan fingerprint density at radius 3 is 2.53 bits per heavy atom. The van der Waals surface area contributed by atoms with E-state index in [0.717, 1.165) is 0 Å². The number of aliphatic hydroxyl groups is 1. The molecule has 0 radical (unpaired) electrons. The van der Waals surface area contributed by atoms with Gasteiger partial charge in [0.25, 0.3) is 0 Å². The van der Waals surface area contributed by atoms with Crippen LogP contribution in [0.3, 0.4) is 0 Å². The van der Waals surface area contributed by atoms with Crippen LogP contribution in [-0.2, 0) is 4.74 Å². The molecule has 15 heavy (non-hydrogen) atoms. The maximum absolute atomic E-state index is 9.12. The van der Waals surface area contributed by atoms with E-state index in [4.69, 9.17) is 9.84 Å². The number of hydrogen-bond donors (Lipinski definition) is 1. The van der Waals surface area contributed by atoms with Gasteiger partial charge in [0, 0.05) is 0 Å². The van der Waals surface area contributed by atoms with Gasteiger partial charge in [-0.3, -0.25) is 0 Å². The van der Waals surface area contributed by atoms with E-state index >= 15 is 0 Å². The van der Waals surface area contributed by atoms with Crippen LogP contribution in [0.2, 0.25) is 0 Å². The normalized spacial score (nSPS) is 34.0. The molecule has 0 bridgehead atoms. The van der Waals surface area contributed by atoms with Crippen LogP contribution in [0.5, 0.6) is 0 Å². The molecule has 1 saturated carbocycles. The zero-order valence-electron chi connectivity index (χ0n) is 9.87. The highest BCUT2D eigenvalue weighted by Gasteiger charge is 2.53. The Hall–Kier alpha value is -0.0800. The third-order valence-corrected chi connectivity index (χ3v) is 4.24. The molecule has 0 aromatic carbocycles. The standard InChI is InChI=1S/C13H24O2/c1-2-3-7-13(8-5-4-6-9-13)12-11(10-14)15-12/h11-12,14H,2-10H2,1H3. The molecular weight excluding hydrogens is 188 g/mol. The van der Waals surface area contributed by atoms with Gasteiger partial charge in [-0.25, -0.2) is 0 Å². The second kappa shape index (κ2) is 4.84. The Morgan fingerprint density at radius 2 is 2.00 bits per heavy atom. The molecule has 0 aromatic rings. The number of unbranched alkanes of at least 4 members (excludes halogenated alkanes) is 1. The molecule has 2 atom stereocenters. The van der Waals surface area contributed by atoms with Crippen molar-refractivity contribution in [2.75, 3.05) is 6.61 Å². The first-order valence-corrected chi connectivity index (χ1v) is 6.59. The molecule has 1 aliphatic heterocycles. The van der Waals surface area contributed by atoms with Crippen molar-refractivity contribution in [1.82, 2.24) is 0 Å². The number of rotatable bonds is 5. The van der Waals surface area contributed by atoms with Gasteiger partial charge < -0.3 is 9.84 Å². The number of aliphatic hydroxyl groups excluding tert-OH is 1. The van der Waals surface area contributed by atoms with Crippen molar-refractivity contribution >= 4 is 0 Å². The molecule has 2 unspecified atom stereocenters. The minimum Gasteiger partial charge on any atom is -0.394 e. The lowest BCUT2D eigenvalue weighted by molar-refractivity contribution is 0.116. The molecule has 2 nitrogen and oxygen atoms in total. The second-order valence-electron chi connectivity index (χ2n) is 5.30. The third-order valence-electron chi connectivity index (χ3n) is 4.24. The van der Waals surface area contributed by atoms with Crippen LogP contribution in [0, 0.1) is 5.41 Å².